The number of hydrogen-bond donors (Lipinski definition) is 0. The molecule has 1 atom stereocenters. The van der Waals surface area contributed by atoms with E-state index >= 15 is 0 Å². The predicted octanol–water partition coefficient (Wildman–Crippen LogP) is 4.73. The van der Waals surface area contributed by atoms with Crippen LogP contribution in [0.5, 0.6) is 0 Å². The SMILES string of the molecule is Cc1csc(C(C#N)C(=O)CSc2nnc(-c3cccs3)n2-c2ccccc2)n1. The van der Waals surface area contributed by atoms with Crippen molar-refractivity contribution in [3.63, 3.8) is 0 Å². The maximum atomic E-state index is 12.7. The van der Waals surface area contributed by atoms with Crippen LogP contribution in [0.4, 0.5) is 0 Å². The van der Waals surface area contributed by atoms with Gasteiger partial charge in [-0.3, -0.25) is 9.36 Å². The van der Waals surface area contributed by atoms with Crippen molar-refractivity contribution in [2.45, 2.75) is 18.0 Å². The number of carbonyl (C=O) groups excluding carboxylic acids is 1. The fourth-order valence-corrected chi connectivity index (χ4v) is 5.14. The molecule has 1 aromatic carbocycles. The van der Waals surface area contributed by atoms with Crippen LogP contribution in [-0.4, -0.2) is 31.3 Å². The van der Waals surface area contributed by atoms with Gasteiger partial charge in [-0.1, -0.05) is 36.0 Å². The Hall–Kier alpha value is -2.80. The summed E-state index contributed by atoms with van der Waals surface area (Å²) in [5.41, 5.74) is 1.73. The number of para-hydroxylation sites is 1. The van der Waals surface area contributed by atoms with Crippen LogP contribution in [0.3, 0.4) is 0 Å². The smallest absolute Gasteiger partial charge is 0.196 e. The first-order valence-corrected chi connectivity index (χ1v) is 11.4. The van der Waals surface area contributed by atoms with Crippen molar-refractivity contribution in [3.8, 4) is 22.5 Å². The monoisotopic (exact) mass is 437 g/mol. The third-order valence-corrected chi connectivity index (χ3v) is 6.91. The van der Waals surface area contributed by atoms with E-state index in [4.69, 9.17) is 0 Å². The number of rotatable bonds is 7. The summed E-state index contributed by atoms with van der Waals surface area (Å²) in [6, 6.07) is 15.8. The van der Waals surface area contributed by atoms with Crippen LogP contribution in [0.15, 0.2) is 58.4 Å². The Bertz CT molecular complexity index is 1160. The number of carbonyl (C=O) groups is 1. The van der Waals surface area contributed by atoms with Crippen molar-refractivity contribution in [2.24, 2.45) is 0 Å². The summed E-state index contributed by atoms with van der Waals surface area (Å²) in [5.74, 6) is -0.196. The summed E-state index contributed by atoms with van der Waals surface area (Å²) in [6.07, 6.45) is 0. The summed E-state index contributed by atoms with van der Waals surface area (Å²) in [4.78, 5) is 18.0. The minimum Gasteiger partial charge on any atom is -0.297 e. The average molecular weight is 438 g/mol. The van der Waals surface area contributed by atoms with Crippen LogP contribution in [0, 0.1) is 18.3 Å². The first-order chi connectivity index (χ1) is 14.2. The first kappa shape index (κ1) is 19.5. The fourth-order valence-electron chi connectivity index (χ4n) is 2.73. The molecule has 0 saturated carbocycles. The molecular weight excluding hydrogens is 422 g/mol. The summed E-state index contributed by atoms with van der Waals surface area (Å²) in [7, 11) is 0. The Labute approximate surface area is 179 Å². The number of aromatic nitrogens is 4. The zero-order valence-electron chi connectivity index (χ0n) is 15.3. The molecule has 0 saturated heterocycles. The van der Waals surface area contributed by atoms with Gasteiger partial charge in [-0.2, -0.15) is 5.26 Å². The third kappa shape index (κ3) is 4.15. The van der Waals surface area contributed by atoms with Gasteiger partial charge in [0.05, 0.1) is 16.7 Å². The molecule has 0 bridgehead atoms. The van der Waals surface area contributed by atoms with Gasteiger partial charge < -0.3 is 0 Å². The lowest BCUT2D eigenvalue weighted by Crippen LogP contribution is -2.13. The number of Topliss-reactive ketones (excluding diaryl/α,β-unsaturated/α-hetero) is 1. The van der Waals surface area contributed by atoms with E-state index in [9.17, 15) is 10.1 Å². The molecule has 1 unspecified atom stereocenters. The lowest BCUT2D eigenvalue weighted by Gasteiger charge is -2.09. The third-order valence-electron chi connectivity index (χ3n) is 4.07. The number of thioether (sulfide) groups is 1. The zero-order chi connectivity index (χ0) is 20.2. The van der Waals surface area contributed by atoms with Crippen LogP contribution in [0.1, 0.15) is 16.6 Å². The molecule has 3 heterocycles. The van der Waals surface area contributed by atoms with Gasteiger partial charge in [-0.05, 0) is 30.5 Å². The minimum absolute atomic E-state index is 0.117. The van der Waals surface area contributed by atoms with E-state index in [2.05, 4.69) is 21.3 Å². The molecule has 0 fully saturated rings. The maximum Gasteiger partial charge on any atom is 0.196 e. The highest BCUT2D eigenvalue weighted by Gasteiger charge is 2.25. The molecule has 4 rings (SSSR count). The lowest BCUT2D eigenvalue weighted by molar-refractivity contribution is -0.116. The van der Waals surface area contributed by atoms with Crippen LogP contribution in [0.25, 0.3) is 16.4 Å². The first-order valence-electron chi connectivity index (χ1n) is 8.69. The number of nitriles is 1. The number of nitrogens with zero attached hydrogens (tertiary/aromatic N) is 5. The van der Waals surface area contributed by atoms with Crippen LogP contribution < -0.4 is 0 Å². The van der Waals surface area contributed by atoms with Crippen molar-refractivity contribution >= 4 is 40.2 Å². The molecule has 0 spiro atoms. The van der Waals surface area contributed by atoms with Crippen LogP contribution >= 0.6 is 34.4 Å². The summed E-state index contributed by atoms with van der Waals surface area (Å²) >= 11 is 4.20. The second kappa shape index (κ2) is 8.69. The minimum atomic E-state index is -0.855. The summed E-state index contributed by atoms with van der Waals surface area (Å²) in [5, 5.41) is 23.1. The molecule has 0 N–H and O–H groups in total. The van der Waals surface area contributed by atoms with E-state index in [0.29, 0.717) is 10.2 Å². The van der Waals surface area contributed by atoms with Crippen molar-refractivity contribution in [1.82, 2.24) is 19.7 Å². The Balaban J connectivity index is 1.61. The maximum absolute atomic E-state index is 12.7. The van der Waals surface area contributed by atoms with Crippen molar-refractivity contribution in [1.29, 1.82) is 5.26 Å². The van der Waals surface area contributed by atoms with Crippen molar-refractivity contribution in [2.75, 3.05) is 5.75 Å². The van der Waals surface area contributed by atoms with Crippen LogP contribution in [0.2, 0.25) is 0 Å². The molecule has 9 heteroatoms. The molecule has 4 aromatic rings. The van der Waals surface area contributed by atoms with E-state index in [1.807, 2.05) is 64.7 Å². The van der Waals surface area contributed by atoms with Gasteiger partial charge in [0.15, 0.2) is 22.7 Å². The molecule has 6 nitrogen and oxygen atoms in total. The molecule has 3 aromatic heterocycles. The Morgan fingerprint density at radius 1 is 1.21 bits per heavy atom. The average Bonchev–Trinajstić information content (AvgIpc) is 3.48. The topological polar surface area (TPSA) is 84.5 Å². The number of benzene rings is 1. The van der Waals surface area contributed by atoms with Gasteiger partial charge in [-0.15, -0.1) is 32.9 Å². The molecule has 29 heavy (non-hydrogen) atoms. The molecule has 0 radical (unpaired) electrons. The second-order valence-electron chi connectivity index (χ2n) is 6.10. The van der Waals surface area contributed by atoms with Gasteiger partial charge in [0.25, 0.3) is 0 Å². The summed E-state index contributed by atoms with van der Waals surface area (Å²) in [6.45, 7) is 1.85. The van der Waals surface area contributed by atoms with Gasteiger partial charge in [0.1, 0.15) is 5.01 Å². The highest BCUT2D eigenvalue weighted by atomic mass is 32.2. The molecular formula is C20H15N5OS3. The highest BCUT2D eigenvalue weighted by Crippen LogP contribution is 2.31. The molecule has 0 amide bonds. The number of aryl methyl sites for hydroxylation is 1. The van der Waals surface area contributed by atoms with Crippen molar-refractivity contribution in [3.05, 3.63) is 63.9 Å². The van der Waals surface area contributed by atoms with E-state index in [-0.39, 0.29) is 11.5 Å². The van der Waals surface area contributed by atoms with Crippen LogP contribution in [-0.2, 0) is 4.79 Å². The second-order valence-corrected chi connectivity index (χ2v) is 8.88. The largest absolute Gasteiger partial charge is 0.297 e. The van der Waals surface area contributed by atoms with Gasteiger partial charge in [-0.25, -0.2) is 4.98 Å². The van der Waals surface area contributed by atoms with E-state index < -0.39 is 5.92 Å². The van der Waals surface area contributed by atoms with Gasteiger partial charge >= 0.3 is 0 Å². The number of ketones is 1. The standard InChI is InChI=1S/C20H15N5OS3/c1-13-11-28-19(22-13)15(10-21)16(26)12-29-20-24-23-18(17-8-5-9-27-17)25(20)14-6-3-2-4-7-14/h2-9,11,15H,12H2,1H3. The van der Waals surface area contributed by atoms with E-state index in [0.717, 1.165) is 22.1 Å². The fraction of sp³-hybridized carbons (Fsp3) is 0.150. The normalized spacial score (nSPS) is 11.9. The Morgan fingerprint density at radius 3 is 2.69 bits per heavy atom. The number of thiophene rings is 1. The molecule has 144 valence electrons. The lowest BCUT2D eigenvalue weighted by atomic mass is 10.1. The quantitative estimate of drug-likeness (QED) is 0.389. The van der Waals surface area contributed by atoms with Gasteiger partial charge in [0, 0.05) is 16.8 Å². The summed E-state index contributed by atoms with van der Waals surface area (Å²) < 4.78 is 1.94. The van der Waals surface area contributed by atoms with E-state index in [1.165, 1.54) is 23.1 Å². The predicted molar refractivity (Wildman–Crippen MR) is 116 cm³/mol. The van der Waals surface area contributed by atoms with Crippen molar-refractivity contribution < 1.29 is 4.79 Å². The highest BCUT2D eigenvalue weighted by molar-refractivity contribution is 7.99. The zero-order valence-corrected chi connectivity index (χ0v) is 17.8. The van der Waals surface area contributed by atoms with E-state index in [1.54, 1.807) is 11.3 Å². The molecule has 0 aliphatic heterocycles. The molecule has 0 aliphatic rings. The van der Waals surface area contributed by atoms with Gasteiger partial charge in [0.2, 0.25) is 0 Å². The Kier molecular flexibility index (Phi) is 5.85. The molecule has 0 aliphatic carbocycles. The Morgan fingerprint density at radius 2 is 2.03 bits per heavy atom. The number of hydrogen-bond acceptors (Lipinski definition) is 8. The number of thiazole rings is 1.